The zero-order valence-electron chi connectivity index (χ0n) is 13.5. The summed E-state index contributed by atoms with van der Waals surface area (Å²) in [6.07, 6.45) is 0.977. The molecule has 3 aromatic rings. The summed E-state index contributed by atoms with van der Waals surface area (Å²) in [5.41, 5.74) is 7.48. The van der Waals surface area contributed by atoms with E-state index < -0.39 is 0 Å². The smallest absolute Gasteiger partial charge is 0.141 e. The highest BCUT2D eigenvalue weighted by Gasteiger charge is 2.27. The summed E-state index contributed by atoms with van der Waals surface area (Å²) in [5, 5.41) is 0. The van der Waals surface area contributed by atoms with Crippen LogP contribution in [0.4, 0.5) is 0 Å². The predicted molar refractivity (Wildman–Crippen MR) is 89.6 cm³/mol. The van der Waals surface area contributed by atoms with Crippen LogP contribution in [0.2, 0.25) is 0 Å². The maximum Gasteiger partial charge on any atom is 0.141 e. The van der Waals surface area contributed by atoms with E-state index in [4.69, 9.17) is 9.72 Å². The van der Waals surface area contributed by atoms with E-state index in [2.05, 4.69) is 49.6 Å². The Morgan fingerprint density at radius 3 is 2.77 bits per heavy atom. The van der Waals surface area contributed by atoms with Gasteiger partial charge in [-0.25, -0.2) is 4.98 Å². The van der Waals surface area contributed by atoms with E-state index >= 15 is 0 Å². The Morgan fingerprint density at radius 2 is 2.00 bits per heavy atom. The van der Waals surface area contributed by atoms with Crippen molar-refractivity contribution in [2.24, 2.45) is 0 Å². The Hall–Kier alpha value is -2.29. The van der Waals surface area contributed by atoms with Crippen LogP contribution in [0.25, 0.3) is 22.4 Å². The van der Waals surface area contributed by atoms with Gasteiger partial charge in [0, 0.05) is 17.2 Å². The van der Waals surface area contributed by atoms with Gasteiger partial charge in [-0.1, -0.05) is 18.2 Å². The topological polar surface area (TPSA) is 27.1 Å². The van der Waals surface area contributed by atoms with Gasteiger partial charge in [-0.15, -0.1) is 0 Å². The molecule has 3 nitrogen and oxygen atoms in total. The van der Waals surface area contributed by atoms with Crippen LogP contribution in [0.3, 0.4) is 0 Å². The molecule has 0 saturated heterocycles. The highest BCUT2D eigenvalue weighted by Crippen LogP contribution is 2.41. The maximum atomic E-state index is 5.56. The molecule has 3 heteroatoms. The number of aromatic nitrogens is 2. The third-order valence-corrected chi connectivity index (χ3v) is 4.91. The lowest BCUT2D eigenvalue weighted by molar-refractivity contribution is 0.404. The fourth-order valence-corrected chi connectivity index (χ4v) is 3.64. The number of aryl methyl sites for hydroxylation is 2. The standard InChI is InChI=1S/C19H20N2O/c1-11-8-9-16-18(13(11)3)21-12(2)10-15-14(19(21)20-16)6-5-7-17(15)22-4/h5-9,12H,10H2,1-4H3. The minimum Gasteiger partial charge on any atom is -0.496 e. The lowest BCUT2D eigenvalue weighted by Gasteiger charge is -2.27. The second-order valence-corrected chi connectivity index (χ2v) is 6.22. The van der Waals surface area contributed by atoms with Crippen LogP contribution in [0, 0.1) is 13.8 Å². The van der Waals surface area contributed by atoms with Gasteiger partial charge < -0.3 is 9.30 Å². The number of nitrogens with zero attached hydrogens (tertiary/aromatic N) is 2. The number of methoxy groups -OCH3 is 1. The van der Waals surface area contributed by atoms with Crippen molar-refractivity contribution in [2.75, 3.05) is 7.11 Å². The molecule has 4 rings (SSSR count). The molecule has 0 N–H and O–H groups in total. The zero-order valence-corrected chi connectivity index (χ0v) is 13.5. The van der Waals surface area contributed by atoms with Gasteiger partial charge >= 0.3 is 0 Å². The van der Waals surface area contributed by atoms with Gasteiger partial charge in [0.05, 0.1) is 18.1 Å². The summed E-state index contributed by atoms with van der Waals surface area (Å²) in [7, 11) is 1.74. The molecule has 1 aliphatic heterocycles. The van der Waals surface area contributed by atoms with Gasteiger partial charge in [-0.3, -0.25) is 0 Å². The first-order valence-corrected chi connectivity index (χ1v) is 7.76. The predicted octanol–water partition coefficient (Wildman–Crippen LogP) is 4.45. The third kappa shape index (κ3) is 1.65. The van der Waals surface area contributed by atoms with Gasteiger partial charge in [-0.2, -0.15) is 0 Å². The minimum atomic E-state index is 0.379. The van der Waals surface area contributed by atoms with Crippen molar-refractivity contribution in [3.63, 3.8) is 0 Å². The van der Waals surface area contributed by atoms with E-state index in [1.165, 1.54) is 27.8 Å². The van der Waals surface area contributed by atoms with Crippen LogP contribution in [-0.4, -0.2) is 16.7 Å². The molecule has 0 spiro atoms. The molecule has 112 valence electrons. The molecule has 1 aliphatic rings. The highest BCUT2D eigenvalue weighted by molar-refractivity contribution is 5.86. The number of rotatable bonds is 1. The number of benzene rings is 2. The highest BCUT2D eigenvalue weighted by atomic mass is 16.5. The number of imidazole rings is 1. The molecule has 1 unspecified atom stereocenters. The average Bonchev–Trinajstić information content (AvgIpc) is 2.92. The van der Waals surface area contributed by atoms with Crippen molar-refractivity contribution in [2.45, 2.75) is 33.2 Å². The lowest BCUT2D eigenvalue weighted by Crippen LogP contribution is -2.17. The number of hydrogen-bond donors (Lipinski definition) is 0. The largest absolute Gasteiger partial charge is 0.496 e. The molecule has 2 heterocycles. The summed E-state index contributed by atoms with van der Waals surface area (Å²) >= 11 is 0. The van der Waals surface area contributed by atoms with Crippen LogP contribution in [-0.2, 0) is 6.42 Å². The van der Waals surface area contributed by atoms with E-state index in [9.17, 15) is 0 Å². The van der Waals surface area contributed by atoms with Gasteiger partial charge in [-0.05, 0) is 50.5 Å². The Morgan fingerprint density at radius 1 is 1.18 bits per heavy atom. The molecule has 0 amide bonds. The van der Waals surface area contributed by atoms with E-state index in [0.29, 0.717) is 6.04 Å². The normalized spacial score (nSPS) is 16.5. The molecule has 2 aromatic carbocycles. The summed E-state index contributed by atoms with van der Waals surface area (Å²) in [4.78, 5) is 4.93. The Labute approximate surface area is 130 Å². The lowest BCUT2D eigenvalue weighted by atomic mass is 9.95. The summed E-state index contributed by atoms with van der Waals surface area (Å²) in [6.45, 7) is 6.63. The van der Waals surface area contributed by atoms with Gasteiger partial charge in [0.1, 0.15) is 11.6 Å². The fraction of sp³-hybridized carbons (Fsp3) is 0.316. The molecule has 0 fully saturated rings. The SMILES string of the molecule is COc1cccc2c1CC(C)n1c-2nc2ccc(C)c(C)c21. The van der Waals surface area contributed by atoms with Gasteiger partial charge in [0.15, 0.2) is 0 Å². The molecule has 22 heavy (non-hydrogen) atoms. The van der Waals surface area contributed by atoms with Crippen molar-refractivity contribution in [3.05, 3.63) is 47.0 Å². The second-order valence-electron chi connectivity index (χ2n) is 6.22. The molecular weight excluding hydrogens is 272 g/mol. The molecule has 1 atom stereocenters. The minimum absolute atomic E-state index is 0.379. The van der Waals surface area contributed by atoms with Gasteiger partial charge in [0.2, 0.25) is 0 Å². The Kier molecular flexibility index (Phi) is 2.80. The first-order valence-electron chi connectivity index (χ1n) is 7.76. The molecule has 0 radical (unpaired) electrons. The van der Waals surface area contributed by atoms with E-state index in [1.54, 1.807) is 7.11 Å². The third-order valence-electron chi connectivity index (χ3n) is 4.91. The van der Waals surface area contributed by atoms with Crippen molar-refractivity contribution in [1.82, 2.24) is 9.55 Å². The van der Waals surface area contributed by atoms with E-state index in [1.807, 2.05) is 6.07 Å². The quantitative estimate of drug-likeness (QED) is 0.662. The number of ether oxygens (including phenoxy) is 1. The van der Waals surface area contributed by atoms with Crippen molar-refractivity contribution in [1.29, 1.82) is 0 Å². The second kappa shape index (κ2) is 4.60. The molecular formula is C19H20N2O. The molecule has 0 saturated carbocycles. The average molecular weight is 292 g/mol. The van der Waals surface area contributed by atoms with Crippen LogP contribution < -0.4 is 4.74 Å². The first-order chi connectivity index (χ1) is 10.6. The summed E-state index contributed by atoms with van der Waals surface area (Å²) in [5.74, 6) is 2.03. The van der Waals surface area contributed by atoms with Crippen molar-refractivity contribution in [3.8, 4) is 17.1 Å². The van der Waals surface area contributed by atoms with E-state index in [-0.39, 0.29) is 0 Å². The molecule has 0 aliphatic carbocycles. The summed E-state index contributed by atoms with van der Waals surface area (Å²) in [6, 6.07) is 10.9. The maximum absolute atomic E-state index is 5.56. The van der Waals surface area contributed by atoms with Crippen molar-refractivity contribution >= 4 is 11.0 Å². The number of fused-ring (bicyclic) bond motifs is 5. The first kappa shape index (κ1) is 13.4. The van der Waals surface area contributed by atoms with Crippen LogP contribution in [0.15, 0.2) is 30.3 Å². The molecule has 1 aromatic heterocycles. The van der Waals surface area contributed by atoms with Crippen LogP contribution in [0.1, 0.15) is 29.7 Å². The monoisotopic (exact) mass is 292 g/mol. The van der Waals surface area contributed by atoms with Crippen molar-refractivity contribution < 1.29 is 4.74 Å². The zero-order chi connectivity index (χ0) is 15.4. The molecule has 0 bridgehead atoms. The Bertz CT molecular complexity index is 892. The Balaban J connectivity index is 2.10. The van der Waals surface area contributed by atoms with Crippen LogP contribution in [0.5, 0.6) is 5.75 Å². The van der Waals surface area contributed by atoms with E-state index in [0.717, 1.165) is 23.5 Å². The fourth-order valence-electron chi connectivity index (χ4n) is 3.64. The number of hydrogen-bond acceptors (Lipinski definition) is 2. The van der Waals surface area contributed by atoms with Crippen LogP contribution >= 0.6 is 0 Å². The summed E-state index contributed by atoms with van der Waals surface area (Å²) < 4.78 is 7.96. The van der Waals surface area contributed by atoms with Gasteiger partial charge in [0.25, 0.3) is 0 Å².